The Hall–Kier alpha value is -0.580. The zero-order valence-electron chi connectivity index (χ0n) is 10.8. The largest absolute Gasteiger partial charge is 0.381 e. The van der Waals surface area contributed by atoms with Crippen LogP contribution >= 0.6 is 27.5 Å². The predicted molar refractivity (Wildman–Crippen MR) is 79.6 cm³/mol. The first-order valence-electron chi connectivity index (χ1n) is 6.31. The predicted octanol–water partition coefficient (Wildman–Crippen LogP) is 3.65. The van der Waals surface area contributed by atoms with Crippen LogP contribution in [0.15, 0.2) is 22.7 Å². The Morgan fingerprint density at radius 1 is 1.47 bits per heavy atom. The molecule has 1 fully saturated rings. The van der Waals surface area contributed by atoms with Gasteiger partial charge in [-0.2, -0.15) is 0 Å². The van der Waals surface area contributed by atoms with Crippen LogP contribution in [-0.2, 0) is 4.74 Å². The molecule has 2 rings (SSSR count). The molecule has 0 bridgehead atoms. The standard InChI is InChI=1S/C14H17BrClNO2/c1-14(4-6-19-7-5-14)9-17-13(18)11-8-10(16)2-3-12(11)15/h2-3,8H,4-7,9H2,1H3,(H,17,18). The van der Waals surface area contributed by atoms with Gasteiger partial charge in [0.15, 0.2) is 0 Å². The van der Waals surface area contributed by atoms with Gasteiger partial charge in [-0.05, 0) is 52.4 Å². The Labute approximate surface area is 126 Å². The van der Waals surface area contributed by atoms with Gasteiger partial charge in [0.05, 0.1) is 5.56 Å². The second-order valence-corrected chi connectivity index (χ2v) is 6.52. The van der Waals surface area contributed by atoms with Crippen LogP contribution in [0.3, 0.4) is 0 Å². The SMILES string of the molecule is CC1(CNC(=O)c2cc(Cl)ccc2Br)CCOCC1. The Morgan fingerprint density at radius 2 is 2.16 bits per heavy atom. The van der Waals surface area contributed by atoms with E-state index in [2.05, 4.69) is 28.2 Å². The lowest BCUT2D eigenvalue weighted by Crippen LogP contribution is -2.39. The Morgan fingerprint density at radius 3 is 2.84 bits per heavy atom. The van der Waals surface area contributed by atoms with E-state index in [4.69, 9.17) is 16.3 Å². The van der Waals surface area contributed by atoms with Gasteiger partial charge in [0.2, 0.25) is 0 Å². The molecule has 0 saturated carbocycles. The highest BCUT2D eigenvalue weighted by Gasteiger charge is 2.28. The normalized spacial score (nSPS) is 18.1. The van der Waals surface area contributed by atoms with E-state index in [-0.39, 0.29) is 11.3 Å². The average Bonchev–Trinajstić information content (AvgIpc) is 2.40. The summed E-state index contributed by atoms with van der Waals surface area (Å²) in [6.45, 7) is 4.39. The van der Waals surface area contributed by atoms with E-state index in [0.29, 0.717) is 17.1 Å². The molecule has 0 unspecified atom stereocenters. The number of hydrogen-bond donors (Lipinski definition) is 1. The van der Waals surface area contributed by atoms with Gasteiger partial charge in [-0.3, -0.25) is 4.79 Å². The van der Waals surface area contributed by atoms with Crippen LogP contribution in [0.5, 0.6) is 0 Å². The Bertz CT molecular complexity index is 473. The van der Waals surface area contributed by atoms with Crippen LogP contribution < -0.4 is 5.32 Å². The number of carbonyl (C=O) groups excluding carboxylic acids is 1. The number of benzene rings is 1. The molecule has 0 aliphatic carbocycles. The van der Waals surface area contributed by atoms with Crippen molar-refractivity contribution in [1.29, 1.82) is 0 Å². The van der Waals surface area contributed by atoms with Crippen molar-refractivity contribution in [2.24, 2.45) is 5.41 Å². The minimum Gasteiger partial charge on any atom is -0.381 e. The monoisotopic (exact) mass is 345 g/mol. The number of hydrogen-bond acceptors (Lipinski definition) is 2. The van der Waals surface area contributed by atoms with Crippen LogP contribution in [0.1, 0.15) is 30.1 Å². The summed E-state index contributed by atoms with van der Waals surface area (Å²) in [5, 5.41) is 3.55. The summed E-state index contributed by atoms with van der Waals surface area (Å²) in [5.74, 6) is -0.0953. The summed E-state index contributed by atoms with van der Waals surface area (Å²) in [6, 6.07) is 5.21. The van der Waals surface area contributed by atoms with Gasteiger partial charge in [-0.25, -0.2) is 0 Å². The third-order valence-electron chi connectivity index (χ3n) is 3.55. The highest BCUT2D eigenvalue weighted by molar-refractivity contribution is 9.10. The van der Waals surface area contributed by atoms with E-state index in [1.807, 2.05) is 0 Å². The molecule has 0 atom stereocenters. The first kappa shape index (κ1) is 14.8. The highest BCUT2D eigenvalue weighted by Crippen LogP contribution is 2.29. The lowest BCUT2D eigenvalue weighted by molar-refractivity contribution is 0.0238. The third kappa shape index (κ3) is 3.94. The molecule has 1 amide bonds. The van der Waals surface area contributed by atoms with Gasteiger partial charge in [-0.1, -0.05) is 18.5 Å². The lowest BCUT2D eigenvalue weighted by atomic mass is 9.82. The molecule has 104 valence electrons. The van der Waals surface area contributed by atoms with E-state index >= 15 is 0 Å². The van der Waals surface area contributed by atoms with Gasteiger partial charge in [0, 0.05) is 29.3 Å². The highest BCUT2D eigenvalue weighted by atomic mass is 79.9. The molecule has 0 spiro atoms. The average molecular weight is 347 g/mol. The quantitative estimate of drug-likeness (QED) is 0.907. The second kappa shape index (κ2) is 6.25. The van der Waals surface area contributed by atoms with E-state index in [0.717, 1.165) is 30.5 Å². The zero-order chi connectivity index (χ0) is 13.9. The van der Waals surface area contributed by atoms with Gasteiger partial charge >= 0.3 is 0 Å². The molecule has 1 saturated heterocycles. The molecule has 1 aromatic carbocycles. The van der Waals surface area contributed by atoms with Crippen LogP contribution in [0, 0.1) is 5.41 Å². The van der Waals surface area contributed by atoms with E-state index in [1.54, 1.807) is 18.2 Å². The fourth-order valence-electron chi connectivity index (χ4n) is 2.10. The zero-order valence-corrected chi connectivity index (χ0v) is 13.2. The molecule has 1 N–H and O–H groups in total. The minimum atomic E-state index is -0.0953. The molecule has 1 aliphatic heterocycles. The van der Waals surface area contributed by atoms with Crippen LogP contribution in [0.4, 0.5) is 0 Å². The maximum Gasteiger partial charge on any atom is 0.252 e. The molecule has 5 heteroatoms. The molecule has 1 aromatic rings. The third-order valence-corrected chi connectivity index (χ3v) is 4.48. The summed E-state index contributed by atoms with van der Waals surface area (Å²) in [6.07, 6.45) is 1.95. The van der Waals surface area contributed by atoms with Gasteiger partial charge in [0.25, 0.3) is 5.91 Å². The fourth-order valence-corrected chi connectivity index (χ4v) is 2.70. The summed E-state index contributed by atoms with van der Waals surface area (Å²) in [7, 11) is 0. The van der Waals surface area contributed by atoms with Crippen molar-refractivity contribution in [3.63, 3.8) is 0 Å². The van der Waals surface area contributed by atoms with E-state index < -0.39 is 0 Å². The van der Waals surface area contributed by atoms with Crippen molar-refractivity contribution >= 4 is 33.4 Å². The Balaban J connectivity index is 1.99. The van der Waals surface area contributed by atoms with E-state index in [1.165, 1.54) is 0 Å². The van der Waals surface area contributed by atoms with Crippen molar-refractivity contribution < 1.29 is 9.53 Å². The minimum absolute atomic E-state index is 0.0953. The van der Waals surface area contributed by atoms with Crippen molar-refractivity contribution in [3.8, 4) is 0 Å². The number of carbonyl (C=O) groups is 1. The summed E-state index contributed by atoms with van der Waals surface area (Å²) in [5.41, 5.74) is 0.696. The summed E-state index contributed by atoms with van der Waals surface area (Å²) in [4.78, 5) is 12.2. The van der Waals surface area contributed by atoms with Crippen molar-refractivity contribution in [3.05, 3.63) is 33.3 Å². The molecule has 3 nitrogen and oxygen atoms in total. The maximum absolute atomic E-state index is 12.2. The van der Waals surface area contributed by atoms with Crippen LogP contribution in [-0.4, -0.2) is 25.7 Å². The number of nitrogens with one attached hydrogen (secondary N) is 1. The molecule has 1 aliphatic rings. The number of halogens is 2. The molecule has 19 heavy (non-hydrogen) atoms. The number of ether oxygens (including phenoxy) is 1. The van der Waals surface area contributed by atoms with Gasteiger partial charge in [-0.15, -0.1) is 0 Å². The summed E-state index contributed by atoms with van der Waals surface area (Å²) < 4.78 is 6.11. The van der Waals surface area contributed by atoms with Crippen molar-refractivity contribution in [2.75, 3.05) is 19.8 Å². The van der Waals surface area contributed by atoms with Crippen LogP contribution in [0.2, 0.25) is 5.02 Å². The Kier molecular flexibility index (Phi) is 4.87. The van der Waals surface area contributed by atoms with Crippen molar-refractivity contribution in [1.82, 2.24) is 5.32 Å². The maximum atomic E-state index is 12.2. The molecular weight excluding hydrogens is 330 g/mol. The van der Waals surface area contributed by atoms with Gasteiger partial charge < -0.3 is 10.1 Å². The van der Waals surface area contributed by atoms with Crippen LogP contribution in [0.25, 0.3) is 0 Å². The lowest BCUT2D eigenvalue weighted by Gasteiger charge is -2.33. The first-order chi connectivity index (χ1) is 9.00. The smallest absolute Gasteiger partial charge is 0.252 e. The van der Waals surface area contributed by atoms with Crippen molar-refractivity contribution in [2.45, 2.75) is 19.8 Å². The van der Waals surface area contributed by atoms with Gasteiger partial charge in [0.1, 0.15) is 0 Å². The topological polar surface area (TPSA) is 38.3 Å². The van der Waals surface area contributed by atoms with E-state index in [9.17, 15) is 4.79 Å². The molecule has 1 heterocycles. The number of amides is 1. The second-order valence-electron chi connectivity index (χ2n) is 5.23. The summed E-state index contributed by atoms with van der Waals surface area (Å²) >= 11 is 9.29. The molecular formula is C14H17BrClNO2. The number of rotatable bonds is 3. The first-order valence-corrected chi connectivity index (χ1v) is 7.48. The molecule has 0 aromatic heterocycles. The fraction of sp³-hybridized carbons (Fsp3) is 0.500. The molecule has 0 radical (unpaired) electrons.